The zero-order chi connectivity index (χ0) is 4.28. The molecule has 0 saturated carbocycles. The van der Waals surface area contributed by atoms with E-state index in [1.54, 1.807) is 0 Å². The maximum atomic E-state index is 9.36. The number of rotatable bonds is 0. The number of hydrogen-bond donors (Lipinski definition) is 0. The molecule has 0 aliphatic carbocycles. The zero-order valence-corrected chi connectivity index (χ0v) is 3.45. The molecule has 2 nitrogen and oxygen atoms in total. The third-order valence-corrected chi connectivity index (χ3v) is 0.315. The molecule has 0 spiro atoms. The van der Waals surface area contributed by atoms with Crippen LogP contribution < -0.4 is 0 Å². The molecule has 0 amide bonds. The molecule has 3 heteroatoms. The molecular weight excluding hydrogens is 103 g/mol. The topological polar surface area (TPSA) is 26.3 Å². The largest absolute Gasteiger partial charge is 0.457 e. The van der Waals surface area contributed by atoms with E-state index in [-0.39, 0.29) is 7.43 Å². The third kappa shape index (κ3) is 9.25. The standard InChI is InChI=1S/C2H3ClO2.CH4/c1-5-2(3)4;/h1H3;1H4. The number of halogens is 1. The lowest BCUT2D eigenvalue weighted by atomic mass is 11.5. The highest BCUT2D eigenvalue weighted by Gasteiger charge is 1.80. The molecule has 0 N–H and O–H groups in total. The Kier molecular flexibility index (Phi) is 7.32. The van der Waals surface area contributed by atoms with E-state index in [0.29, 0.717) is 0 Å². The van der Waals surface area contributed by atoms with Crippen LogP contribution in [0.25, 0.3) is 0 Å². The Hall–Kier alpha value is -0.240. The normalized spacial score (nSPS) is 5.67. The molecule has 0 fully saturated rings. The van der Waals surface area contributed by atoms with Crippen molar-refractivity contribution < 1.29 is 9.53 Å². The Balaban J connectivity index is 0. The van der Waals surface area contributed by atoms with Crippen molar-refractivity contribution in [1.82, 2.24) is 0 Å². The Morgan fingerprint density at radius 1 is 1.83 bits per heavy atom. The van der Waals surface area contributed by atoms with Gasteiger partial charge < -0.3 is 4.74 Å². The minimum atomic E-state index is -0.773. The van der Waals surface area contributed by atoms with Crippen LogP contribution in [-0.4, -0.2) is 12.5 Å². The first-order valence-electron chi connectivity index (χ1n) is 1.01. The molecule has 0 aromatic carbocycles. The van der Waals surface area contributed by atoms with Crippen molar-refractivity contribution in [2.45, 2.75) is 7.43 Å². The summed E-state index contributed by atoms with van der Waals surface area (Å²) in [6, 6.07) is 0. The highest BCUT2D eigenvalue weighted by Crippen LogP contribution is 1.78. The molecule has 6 heavy (non-hydrogen) atoms. The number of carbonyl (C=O) groups is 1. The van der Waals surface area contributed by atoms with Crippen LogP contribution in [0.4, 0.5) is 4.79 Å². The number of methoxy groups -OCH3 is 1. The summed E-state index contributed by atoms with van der Waals surface area (Å²) in [6.45, 7) is 0. The summed E-state index contributed by atoms with van der Waals surface area (Å²) in [5.41, 5.74) is -0.773. The van der Waals surface area contributed by atoms with E-state index >= 15 is 0 Å². The van der Waals surface area contributed by atoms with Crippen LogP contribution in [0.5, 0.6) is 0 Å². The van der Waals surface area contributed by atoms with Gasteiger partial charge in [-0.05, 0) is 0 Å². The highest BCUT2D eigenvalue weighted by molar-refractivity contribution is 6.61. The molecule has 0 saturated heterocycles. The second-order valence-electron chi connectivity index (χ2n) is 0.442. The summed E-state index contributed by atoms with van der Waals surface area (Å²) < 4.78 is 3.88. The molecule has 0 bridgehead atoms. The average Bonchev–Trinajstić information content (AvgIpc) is 1.38. The molecule has 0 aliphatic rings. The highest BCUT2D eigenvalue weighted by atomic mass is 35.5. The predicted molar refractivity (Wildman–Crippen MR) is 25.0 cm³/mol. The summed E-state index contributed by atoms with van der Waals surface area (Å²) in [4.78, 5) is 9.36. The van der Waals surface area contributed by atoms with Crippen LogP contribution in [0.15, 0.2) is 0 Å². The molecule has 0 atom stereocenters. The van der Waals surface area contributed by atoms with Crippen molar-refractivity contribution in [3.8, 4) is 0 Å². The fourth-order valence-electron chi connectivity index (χ4n) is 0. The van der Waals surface area contributed by atoms with Gasteiger partial charge in [-0.3, -0.25) is 0 Å². The van der Waals surface area contributed by atoms with E-state index in [2.05, 4.69) is 16.3 Å². The van der Waals surface area contributed by atoms with Gasteiger partial charge in [-0.25, -0.2) is 4.79 Å². The van der Waals surface area contributed by atoms with Gasteiger partial charge in [0.15, 0.2) is 0 Å². The van der Waals surface area contributed by atoms with Crippen molar-refractivity contribution >= 4 is 17.0 Å². The van der Waals surface area contributed by atoms with Gasteiger partial charge in [0.1, 0.15) is 0 Å². The van der Waals surface area contributed by atoms with Gasteiger partial charge in [-0.15, -0.1) is 0 Å². The monoisotopic (exact) mass is 110 g/mol. The number of hydrogen-bond acceptors (Lipinski definition) is 2. The molecular formula is C3H7ClO2. The maximum absolute atomic E-state index is 9.36. The third-order valence-electron chi connectivity index (χ3n) is 0.160. The summed E-state index contributed by atoms with van der Waals surface area (Å²) in [7, 11) is 1.22. The second kappa shape index (κ2) is 4.76. The first-order chi connectivity index (χ1) is 2.27. The van der Waals surface area contributed by atoms with Gasteiger partial charge in [-0.2, -0.15) is 0 Å². The Morgan fingerprint density at radius 3 is 2.00 bits per heavy atom. The van der Waals surface area contributed by atoms with E-state index in [9.17, 15) is 4.79 Å². The molecule has 38 valence electrons. The molecule has 0 heterocycles. The fourth-order valence-corrected chi connectivity index (χ4v) is 0. The molecule has 0 rings (SSSR count). The van der Waals surface area contributed by atoms with E-state index in [0.717, 1.165) is 0 Å². The van der Waals surface area contributed by atoms with Crippen molar-refractivity contribution in [2.24, 2.45) is 0 Å². The Labute approximate surface area is 42.1 Å². The lowest BCUT2D eigenvalue weighted by Gasteiger charge is -1.77. The van der Waals surface area contributed by atoms with Crippen molar-refractivity contribution in [1.29, 1.82) is 0 Å². The van der Waals surface area contributed by atoms with E-state index < -0.39 is 5.43 Å². The van der Waals surface area contributed by atoms with Crippen LogP contribution in [-0.2, 0) is 4.74 Å². The molecule has 0 aliphatic heterocycles. The first-order valence-corrected chi connectivity index (χ1v) is 1.38. The van der Waals surface area contributed by atoms with Crippen LogP contribution in [0, 0.1) is 0 Å². The van der Waals surface area contributed by atoms with Gasteiger partial charge in [0.25, 0.3) is 0 Å². The first kappa shape index (κ1) is 9.23. The molecule has 0 unspecified atom stereocenters. The molecule has 0 aromatic heterocycles. The second-order valence-corrected chi connectivity index (χ2v) is 0.750. The van der Waals surface area contributed by atoms with E-state index in [1.165, 1.54) is 7.11 Å². The van der Waals surface area contributed by atoms with Crippen LogP contribution in [0.2, 0.25) is 0 Å². The quantitative estimate of drug-likeness (QED) is 0.443. The van der Waals surface area contributed by atoms with Gasteiger partial charge >= 0.3 is 5.43 Å². The summed E-state index contributed by atoms with van der Waals surface area (Å²) in [5.74, 6) is 0. The fraction of sp³-hybridized carbons (Fsp3) is 0.667. The summed E-state index contributed by atoms with van der Waals surface area (Å²) >= 11 is 4.60. The molecule has 0 aromatic rings. The lowest BCUT2D eigenvalue weighted by molar-refractivity contribution is 0.198. The van der Waals surface area contributed by atoms with Crippen LogP contribution >= 0.6 is 11.6 Å². The minimum Gasteiger partial charge on any atom is -0.457 e. The van der Waals surface area contributed by atoms with Gasteiger partial charge in [0.2, 0.25) is 0 Å². The maximum Gasteiger partial charge on any atom is 0.403 e. The SMILES string of the molecule is C.COC(=O)Cl. The summed E-state index contributed by atoms with van der Waals surface area (Å²) in [5, 5.41) is 0. The van der Waals surface area contributed by atoms with Crippen molar-refractivity contribution in [3.05, 3.63) is 0 Å². The van der Waals surface area contributed by atoms with Crippen LogP contribution in [0.3, 0.4) is 0 Å². The predicted octanol–water partition coefficient (Wildman–Crippen LogP) is 1.63. The van der Waals surface area contributed by atoms with E-state index in [1.807, 2.05) is 0 Å². The Morgan fingerprint density at radius 2 is 2.00 bits per heavy atom. The number of ether oxygens (including phenoxy) is 1. The van der Waals surface area contributed by atoms with E-state index in [4.69, 9.17) is 0 Å². The smallest absolute Gasteiger partial charge is 0.403 e. The summed E-state index contributed by atoms with van der Waals surface area (Å²) in [6.07, 6.45) is 0. The lowest BCUT2D eigenvalue weighted by Crippen LogP contribution is -1.80. The van der Waals surface area contributed by atoms with Gasteiger partial charge in [0.05, 0.1) is 7.11 Å². The van der Waals surface area contributed by atoms with Crippen LogP contribution in [0.1, 0.15) is 7.43 Å². The Bertz CT molecular complexity index is 44.1. The minimum absolute atomic E-state index is 0. The number of carbonyl (C=O) groups excluding carboxylic acids is 1. The van der Waals surface area contributed by atoms with Gasteiger partial charge in [0, 0.05) is 11.6 Å². The van der Waals surface area contributed by atoms with Crippen molar-refractivity contribution in [2.75, 3.05) is 7.11 Å². The molecule has 0 radical (unpaired) electrons. The van der Waals surface area contributed by atoms with Gasteiger partial charge in [-0.1, -0.05) is 7.43 Å². The van der Waals surface area contributed by atoms with Crippen molar-refractivity contribution in [3.63, 3.8) is 0 Å². The average molecular weight is 111 g/mol. The zero-order valence-electron chi connectivity index (χ0n) is 2.69.